The molecule has 0 unspecified atom stereocenters. The molecule has 2 N–H and O–H groups in total. The van der Waals surface area contributed by atoms with Gasteiger partial charge in [0.25, 0.3) is 0 Å². The molecule has 0 aliphatic carbocycles. The highest BCUT2D eigenvalue weighted by Gasteiger charge is 2.02. The lowest BCUT2D eigenvalue weighted by atomic mass is 10.1. The highest BCUT2D eigenvalue weighted by atomic mass is 19.1. The fourth-order valence-electron chi connectivity index (χ4n) is 2.33. The SMILES string of the molecule is Cc1cc(F)cc(NCc2cccc3cc[nH]c23)c1. The maximum absolute atomic E-state index is 13.3. The minimum absolute atomic E-state index is 0.208. The fourth-order valence-corrected chi connectivity index (χ4v) is 2.33. The number of rotatable bonds is 3. The van der Waals surface area contributed by atoms with E-state index in [0.29, 0.717) is 6.54 Å². The lowest BCUT2D eigenvalue weighted by Gasteiger charge is -2.08. The summed E-state index contributed by atoms with van der Waals surface area (Å²) in [4.78, 5) is 3.23. The first-order valence-corrected chi connectivity index (χ1v) is 6.28. The van der Waals surface area contributed by atoms with Crippen LogP contribution < -0.4 is 5.32 Å². The number of para-hydroxylation sites is 1. The number of aryl methyl sites for hydroxylation is 1. The van der Waals surface area contributed by atoms with E-state index in [1.165, 1.54) is 23.1 Å². The minimum atomic E-state index is -0.208. The zero-order chi connectivity index (χ0) is 13.2. The van der Waals surface area contributed by atoms with Gasteiger partial charge in [0.2, 0.25) is 0 Å². The van der Waals surface area contributed by atoms with Crippen LogP contribution in [0.15, 0.2) is 48.7 Å². The van der Waals surface area contributed by atoms with E-state index in [2.05, 4.69) is 22.4 Å². The lowest BCUT2D eigenvalue weighted by molar-refractivity contribution is 0.627. The van der Waals surface area contributed by atoms with Gasteiger partial charge in [0, 0.05) is 18.4 Å². The molecule has 2 nitrogen and oxygen atoms in total. The van der Waals surface area contributed by atoms with Crippen LogP contribution in [0, 0.1) is 12.7 Å². The maximum Gasteiger partial charge on any atom is 0.125 e. The number of benzene rings is 2. The molecule has 0 fully saturated rings. The van der Waals surface area contributed by atoms with Crippen molar-refractivity contribution < 1.29 is 4.39 Å². The van der Waals surface area contributed by atoms with Crippen molar-refractivity contribution in [2.24, 2.45) is 0 Å². The van der Waals surface area contributed by atoms with Gasteiger partial charge in [0.15, 0.2) is 0 Å². The molecule has 3 aromatic rings. The smallest absolute Gasteiger partial charge is 0.125 e. The van der Waals surface area contributed by atoms with E-state index in [4.69, 9.17) is 0 Å². The molecule has 0 radical (unpaired) electrons. The first kappa shape index (κ1) is 11.8. The molecule has 0 saturated carbocycles. The Morgan fingerprint density at radius 2 is 2.05 bits per heavy atom. The normalized spacial score (nSPS) is 10.8. The van der Waals surface area contributed by atoms with Crippen molar-refractivity contribution in [1.82, 2.24) is 4.98 Å². The van der Waals surface area contributed by atoms with Crippen molar-refractivity contribution in [2.45, 2.75) is 13.5 Å². The highest BCUT2D eigenvalue weighted by Crippen LogP contribution is 2.19. The van der Waals surface area contributed by atoms with E-state index < -0.39 is 0 Å². The van der Waals surface area contributed by atoms with Crippen molar-refractivity contribution in [1.29, 1.82) is 0 Å². The zero-order valence-electron chi connectivity index (χ0n) is 10.7. The first-order chi connectivity index (χ1) is 9.22. The summed E-state index contributed by atoms with van der Waals surface area (Å²) in [5.41, 5.74) is 4.02. The number of nitrogens with one attached hydrogen (secondary N) is 2. The van der Waals surface area contributed by atoms with Crippen LogP contribution >= 0.6 is 0 Å². The van der Waals surface area contributed by atoms with Crippen molar-refractivity contribution in [3.05, 3.63) is 65.6 Å². The molecule has 1 heterocycles. The molecule has 0 spiro atoms. The molecule has 3 heteroatoms. The average molecular weight is 254 g/mol. The lowest BCUT2D eigenvalue weighted by Crippen LogP contribution is -2.00. The Labute approximate surface area is 111 Å². The third kappa shape index (κ3) is 2.45. The van der Waals surface area contributed by atoms with Gasteiger partial charge in [0.1, 0.15) is 5.82 Å². The van der Waals surface area contributed by atoms with Gasteiger partial charge in [-0.3, -0.25) is 0 Å². The molecule has 96 valence electrons. The van der Waals surface area contributed by atoms with Crippen LogP contribution in [0.5, 0.6) is 0 Å². The number of aromatic amines is 1. The molecule has 19 heavy (non-hydrogen) atoms. The van der Waals surface area contributed by atoms with Crippen molar-refractivity contribution in [3.63, 3.8) is 0 Å². The Morgan fingerprint density at radius 1 is 1.16 bits per heavy atom. The largest absolute Gasteiger partial charge is 0.381 e. The quantitative estimate of drug-likeness (QED) is 0.719. The fraction of sp³-hybridized carbons (Fsp3) is 0.125. The number of H-pyrrole nitrogens is 1. The second-order valence-electron chi connectivity index (χ2n) is 4.73. The molecule has 0 saturated heterocycles. The van der Waals surface area contributed by atoms with Gasteiger partial charge < -0.3 is 10.3 Å². The van der Waals surface area contributed by atoms with Crippen molar-refractivity contribution in [2.75, 3.05) is 5.32 Å². The van der Waals surface area contributed by atoms with Gasteiger partial charge >= 0.3 is 0 Å². The molecule has 0 atom stereocenters. The molecule has 0 aliphatic heterocycles. The van der Waals surface area contributed by atoms with E-state index in [1.807, 2.05) is 31.3 Å². The van der Waals surface area contributed by atoms with Crippen molar-refractivity contribution in [3.8, 4) is 0 Å². The molecule has 2 aromatic carbocycles. The van der Waals surface area contributed by atoms with Gasteiger partial charge in [-0.25, -0.2) is 4.39 Å². The second-order valence-corrected chi connectivity index (χ2v) is 4.73. The summed E-state index contributed by atoms with van der Waals surface area (Å²) < 4.78 is 13.3. The summed E-state index contributed by atoms with van der Waals surface area (Å²) in [6, 6.07) is 13.2. The summed E-state index contributed by atoms with van der Waals surface area (Å²) in [5.74, 6) is -0.208. The topological polar surface area (TPSA) is 27.8 Å². The second kappa shape index (κ2) is 4.76. The number of anilines is 1. The number of halogens is 1. The number of hydrogen-bond acceptors (Lipinski definition) is 1. The Hall–Kier alpha value is -2.29. The van der Waals surface area contributed by atoms with Crippen LogP contribution in [0.1, 0.15) is 11.1 Å². The molecular weight excluding hydrogens is 239 g/mol. The van der Waals surface area contributed by atoms with Crippen molar-refractivity contribution >= 4 is 16.6 Å². The first-order valence-electron chi connectivity index (χ1n) is 6.28. The summed E-state index contributed by atoms with van der Waals surface area (Å²) in [7, 11) is 0. The monoisotopic (exact) mass is 254 g/mol. The number of hydrogen-bond donors (Lipinski definition) is 2. The van der Waals surface area contributed by atoms with Gasteiger partial charge in [-0.15, -0.1) is 0 Å². The third-order valence-electron chi connectivity index (χ3n) is 3.20. The summed E-state index contributed by atoms with van der Waals surface area (Å²) >= 11 is 0. The predicted molar refractivity (Wildman–Crippen MR) is 76.8 cm³/mol. The predicted octanol–water partition coefficient (Wildman–Crippen LogP) is 4.23. The Bertz CT molecular complexity index is 695. The van der Waals surface area contributed by atoms with Gasteiger partial charge in [-0.1, -0.05) is 18.2 Å². The number of fused-ring (bicyclic) bond motifs is 1. The highest BCUT2D eigenvalue weighted by molar-refractivity contribution is 5.82. The zero-order valence-corrected chi connectivity index (χ0v) is 10.7. The average Bonchev–Trinajstić information content (AvgIpc) is 2.83. The van der Waals surface area contributed by atoms with E-state index in [1.54, 1.807) is 0 Å². The molecular formula is C16H15FN2. The Balaban J connectivity index is 1.84. The van der Waals surface area contributed by atoms with Gasteiger partial charge in [0.05, 0.1) is 5.52 Å². The van der Waals surface area contributed by atoms with Crippen LogP contribution in [-0.4, -0.2) is 4.98 Å². The summed E-state index contributed by atoms with van der Waals surface area (Å²) in [6.45, 7) is 2.56. The van der Waals surface area contributed by atoms with Crippen LogP contribution in [0.4, 0.5) is 10.1 Å². The molecule has 1 aromatic heterocycles. The summed E-state index contributed by atoms with van der Waals surface area (Å²) in [6.07, 6.45) is 1.93. The minimum Gasteiger partial charge on any atom is -0.381 e. The molecule has 3 rings (SSSR count). The number of aromatic nitrogens is 1. The molecule has 0 aliphatic rings. The van der Waals surface area contributed by atoms with Crippen LogP contribution in [0.2, 0.25) is 0 Å². The Kier molecular flexibility index (Phi) is 2.95. The van der Waals surface area contributed by atoms with E-state index in [9.17, 15) is 4.39 Å². The Morgan fingerprint density at radius 3 is 2.89 bits per heavy atom. The van der Waals surface area contributed by atoms with E-state index >= 15 is 0 Å². The van der Waals surface area contributed by atoms with Crippen LogP contribution in [0.25, 0.3) is 10.9 Å². The molecule has 0 amide bonds. The third-order valence-corrected chi connectivity index (χ3v) is 3.20. The van der Waals surface area contributed by atoms with Crippen LogP contribution in [-0.2, 0) is 6.54 Å². The van der Waals surface area contributed by atoms with Crippen LogP contribution in [0.3, 0.4) is 0 Å². The van der Waals surface area contributed by atoms with E-state index in [-0.39, 0.29) is 5.82 Å². The molecule has 0 bridgehead atoms. The standard InChI is InChI=1S/C16H15FN2/c1-11-7-14(17)9-15(8-11)19-10-13-4-2-3-12-5-6-18-16(12)13/h2-9,18-19H,10H2,1H3. The van der Waals surface area contributed by atoms with Gasteiger partial charge in [-0.2, -0.15) is 0 Å². The van der Waals surface area contributed by atoms with E-state index in [0.717, 1.165) is 16.8 Å². The van der Waals surface area contributed by atoms with Gasteiger partial charge in [-0.05, 0) is 47.7 Å². The maximum atomic E-state index is 13.3. The summed E-state index contributed by atoms with van der Waals surface area (Å²) in [5, 5.41) is 4.45.